The summed E-state index contributed by atoms with van der Waals surface area (Å²) in [5, 5.41) is 0. The number of halogens is 1. The highest BCUT2D eigenvalue weighted by atomic mass is 35.5. The van der Waals surface area contributed by atoms with Crippen LogP contribution in [0.5, 0.6) is 0 Å². The van der Waals surface area contributed by atoms with E-state index in [9.17, 15) is 0 Å². The molecule has 0 spiro atoms. The monoisotopic (exact) mass is 224 g/mol. The highest BCUT2D eigenvalue weighted by molar-refractivity contribution is 6.18. The minimum Gasteiger partial charge on any atom is -0.367 e. The molecule has 0 aliphatic carbocycles. The van der Waals surface area contributed by atoms with Crippen molar-refractivity contribution in [3.05, 3.63) is 24.0 Å². The van der Waals surface area contributed by atoms with Gasteiger partial charge in [-0.05, 0) is 37.8 Å². The van der Waals surface area contributed by atoms with Crippen LogP contribution >= 0.6 is 11.6 Å². The molecule has 0 radical (unpaired) electrons. The zero-order valence-corrected chi connectivity index (χ0v) is 9.87. The Hall–Kier alpha value is -0.760. The summed E-state index contributed by atoms with van der Waals surface area (Å²) < 4.78 is 0. The third-order valence-corrected chi connectivity index (χ3v) is 3.46. The summed E-state index contributed by atoms with van der Waals surface area (Å²) >= 11 is 6.02. The Bertz CT molecular complexity index is 327. The van der Waals surface area contributed by atoms with Crippen LogP contribution in [-0.2, 0) is 0 Å². The van der Waals surface area contributed by atoms with Crippen molar-refractivity contribution >= 4 is 17.3 Å². The number of hydrogen-bond donors (Lipinski definition) is 0. The van der Waals surface area contributed by atoms with Crippen LogP contribution in [0.3, 0.4) is 0 Å². The van der Waals surface area contributed by atoms with Crippen molar-refractivity contribution in [3.8, 4) is 0 Å². The Balaban J connectivity index is 2.24. The summed E-state index contributed by atoms with van der Waals surface area (Å²) in [4.78, 5) is 6.57. The predicted octanol–water partition coefficient (Wildman–Crippen LogP) is 2.99. The summed E-state index contributed by atoms with van der Waals surface area (Å²) in [5.74, 6) is 0.724. The molecule has 2 heterocycles. The average Bonchev–Trinajstić information content (AvgIpc) is 2.30. The van der Waals surface area contributed by atoms with E-state index >= 15 is 0 Å². The first-order valence-corrected chi connectivity index (χ1v) is 6.09. The van der Waals surface area contributed by atoms with Crippen molar-refractivity contribution in [2.75, 3.05) is 17.3 Å². The molecule has 15 heavy (non-hydrogen) atoms. The van der Waals surface area contributed by atoms with Gasteiger partial charge in [-0.25, -0.2) is 0 Å². The minimum absolute atomic E-state index is 0.501. The highest BCUT2D eigenvalue weighted by Crippen LogP contribution is 2.27. The number of aryl methyl sites for hydroxylation is 1. The third-order valence-electron chi connectivity index (χ3n) is 3.11. The van der Waals surface area contributed by atoms with E-state index in [2.05, 4.69) is 22.9 Å². The Morgan fingerprint density at radius 1 is 1.53 bits per heavy atom. The summed E-state index contributed by atoms with van der Waals surface area (Å²) in [7, 11) is 0. The average molecular weight is 225 g/mol. The van der Waals surface area contributed by atoms with E-state index in [4.69, 9.17) is 11.6 Å². The standard InChI is InChI=1S/C12H17ClN2/c1-10-9-14-6-5-12(10)15-7-3-2-4-11(15)8-13/h5-6,9,11H,2-4,7-8H2,1H3. The van der Waals surface area contributed by atoms with Gasteiger partial charge in [-0.3, -0.25) is 4.98 Å². The molecule has 2 rings (SSSR count). The summed E-state index contributed by atoms with van der Waals surface area (Å²) in [6, 6.07) is 2.60. The van der Waals surface area contributed by atoms with Crippen molar-refractivity contribution in [2.24, 2.45) is 0 Å². The SMILES string of the molecule is Cc1cnccc1N1CCCCC1CCl. The number of pyridine rings is 1. The van der Waals surface area contributed by atoms with Gasteiger partial charge in [0.05, 0.1) is 0 Å². The van der Waals surface area contributed by atoms with Gasteiger partial charge in [-0.15, -0.1) is 11.6 Å². The first-order valence-electron chi connectivity index (χ1n) is 5.56. The molecule has 1 aromatic heterocycles. The molecule has 1 saturated heterocycles. The summed E-state index contributed by atoms with van der Waals surface area (Å²) in [5.41, 5.74) is 2.55. The van der Waals surface area contributed by atoms with Gasteiger partial charge in [0, 0.05) is 36.5 Å². The molecule has 1 aromatic rings. The zero-order chi connectivity index (χ0) is 10.7. The first-order chi connectivity index (χ1) is 7.33. The van der Waals surface area contributed by atoms with Gasteiger partial charge in [0.2, 0.25) is 0 Å². The lowest BCUT2D eigenvalue weighted by molar-refractivity contribution is 0.487. The van der Waals surface area contributed by atoms with E-state index < -0.39 is 0 Å². The van der Waals surface area contributed by atoms with Crippen LogP contribution in [0.1, 0.15) is 24.8 Å². The fourth-order valence-corrected chi connectivity index (χ4v) is 2.59. The first kappa shape index (κ1) is 10.7. The van der Waals surface area contributed by atoms with E-state index in [1.807, 2.05) is 12.4 Å². The Kier molecular flexibility index (Phi) is 3.47. The molecule has 0 amide bonds. The maximum atomic E-state index is 6.02. The van der Waals surface area contributed by atoms with Gasteiger partial charge in [0.15, 0.2) is 0 Å². The topological polar surface area (TPSA) is 16.1 Å². The van der Waals surface area contributed by atoms with E-state index in [1.165, 1.54) is 30.5 Å². The van der Waals surface area contributed by atoms with Gasteiger partial charge in [-0.2, -0.15) is 0 Å². The third kappa shape index (κ3) is 2.25. The number of nitrogens with zero attached hydrogens (tertiary/aromatic N) is 2. The molecule has 1 aliphatic heterocycles. The fourth-order valence-electron chi connectivity index (χ4n) is 2.27. The Morgan fingerprint density at radius 2 is 2.40 bits per heavy atom. The van der Waals surface area contributed by atoms with Crippen molar-refractivity contribution < 1.29 is 0 Å². The van der Waals surface area contributed by atoms with E-state index in [0.29, 0.717) is 6.04 Å². The molecule has 3 heteroatoms. The van der Waals surface area contributed by atoms with Crippen LogP contribution in [0.2, 0.25) is 0 Å². The molecule has 82 valence electrons. The lowest BCUT2D eigenvalue weighted by Gasteiger charge is -2.37. The number of rotatable bonds is 2. The molecule has 0 aromatic carbocycles. The van der Waals surface area contributed by atoms with Crippen LogP contribution < -0.4 is 4.90 Å². The molecule has 1 aliphatic rings. The van der Waals surface area contributed by atoms with Crippen LogP contribution in [0.15, 0.2) is 18.5 Å². The van der Waals surface area contributed by atoms with E-state index in [1.54, 1.807) is 0 Å². The number of aromatic nitrogens is 1. The number of hydrogen-bond acceptors (Lipinski definition) is 2. The van der Waals surface area contributed by atoms with Gasteiger partial charge >= 0.3 is 0 Å². The second kappa shape index (κ2) is 4.84. The molecule has 0 saturated carbocycles. The minimum atomic E-state index is 0.501. The molecular formula is C12H17ClN2. The maximum absolute atomic E-state index is 6.02. The summed E-state index contributed by atoms with van der Waals surface area (Å²) in [6.07, 6.45) is 7.58. The molecule has 0 N–H and O–H groups in total. The van der Waals surface area contributed by atoms with Crippen LogP contribution in [0.4, 0.5) is 5.69 Å². The van der Waals surface area contributed by atoms with Crippen LogP contribution in [0.25, 0.3) is 0 Å². The predicted molar refractivity (Wildman–Crippen MR) is 64.7 cm³/mol. The van der Waals surface area contributed by atoms with Crippen molar-refractivity contribution in [1.29, 1.82) is 0 Å². The zero-order valence-electron chi connectivity index (χ0n) is 9.12. The lowest BCUT2D eigenvalue weighted by atomic mass is 10.0. The Morgan fingerprint density at radius 3 is 3.13 bits per heavy atom. The van der Waals surface area contributed by atoms with Crippen molar-refractivity contribution in [3.63, 3.8) is 0 Å². The highest BCUT2D eigenvalue weighted by Gasteiger charge is 2.22. The number of piperidine rings is 1. The molecule has 0 bridgehead atoms. The van der Waals surface area contributed by atoms with E-state index in [0.717, 1.165) is 12.4 Å². The van der Waals surface area contributed by atoms with Gasteiger partial charge in [-0.1, -0.05) is 0 Å². The number of alkyl halides is 1. The molecule has 1 fully saturated rings. The maximum Gasteiger partial charge on any atom is 0.0429 e. The van der Waals surface area contributed by atoms with Gasteiger partial charge < -0.3 is 4.90 Å². The Labute approximate surface area is 96.3 Å². The van der Waals surface area contributed by atoms with Crippen molar-refractivity contribution in [1.82, 2.24) is 4.98 Å². The van der Waals surface area contributed by atoms with E-state index in [-0.39, 0.29) is 0 Å². The van der Waals surface area contributed by atoms with Gasteiger partial charge in [0.25, 0.3) is 0 Å². The smallest absolute Gasteiger partial charge is 0.0429 e. The summed E-state index contributed by atoms with van der Waals surface area (Å²) in [6.45, 7) is 3.24. The molecular weight excluding hydrogens is 208 g/mol. The molecule has 2 nitrogen and oxygen atoms in total. The van der Waals surface area contributed by atoms with Crippen molar-refractivity contribution in [2.45, 2.75) is 32.2 Å². The quantitative estimate of drug-likeness (QED) is 0.718. The number of anilines is 1. The van der Waals surface area contributed by atoms with Crippen LogP contribution in [0, 0.1) is 6.92 Å². The fraction of sp³-hybridized carbons (Fsp3) is 0.583. The molecule has 1 atom stereocenters. The second-order valence-electron chi connectivity index (χ2n) is 4.16. The van der Waals surface area contributed by atoms with Gasteiger partial charge in [0.1, 0.15) is 0 Å². The van der Waals surface area contributed by atoms with Crippen LogP contribution in [-0.4, -0.2) is 23.5 Å². The lowest BCUT2D eigenvalue weighted by Crippen LogP contribution is -2.41. The molecule has 1 unspecified atom stereocenters. The second-order valence-corrected chi connectivity index (χ2v) is 4.47. The normalized spacial score (nSPS) is 21.7. The largest absolute Gasteiger partial charge is 0.367 e.